The van der Waals surface area contributed by atoms with Crippen LogP contribution in [0.2, 0.25) is 0 Å². The van der Waals surface area contributed by atoms with Crippen molar-refractivity contribution in [2.24, 2.45) is 0 Å². The third kappa shape index (κ3) is 4.11. The molecule has 3 rings (SSSR count). The maximum absolute atomic E-state index is 10.8. The maximum Gasteiger partial charge on any atom is 0.269 e. The first-order chi connectivity index (χ1) is 13.0. The second-order valence-corrected chi connectivity index (χ2v) is 6.51. The molecule has 0 bridgehead atoms. The average molecular weight is 385 g/mol. The van der Waals surface area contributed by atoms with Gasteiger partial charge in [-0.25, -0.2) is 0 Å². The fraction of sp³-hybridized carbons (Fsp3) is 0.176. The molecule has 1 aromatic heterocycles. The first-order valence-electron chi connectivity index (χ1n) is 8.03. The summed E-state index contributed by atoms with van der Waals surface area (Å²) in [5, 5.41) is 30.6. The molecule has 0 fully saturated rings. The van der Waals surface area contributed by atoms with Crippen LogP contribution in [0.4, 0.5) is 11.4 Å². The van der Waals surface area contributed by atoms with Crippen molar-refractivity contribution >= 4 is 23.1 Å². The van der Waals surface area contributed by atoms with Gasteiger partial charge in [0.2, 0.25) is 0 Å². The highest BCUT2D eigenvalue weighted by Crippen LogP contribution is 2.27. The van der Waals surface area contributed by atoms with E-state index in [9.17, 15) is 20.2 Å². The molecular formula is C17H15N5O4S. The number of hydrogen-bond donors (Lipinski definition) is 0. The van der Waals surface area contributed by atoms with Crippen molar-refractivity contribution in [3.63, 3.8) is 0 Å². The Labute approximate surface area is 158 Å². The van der Waals surface area contributed by atoms with Crippen LogP contribution < -0.4 is 0 Å². The smallest absolute Gasteiger partial charge is 0.269 e. The first-order valence-corrected chi connectivity index (χ1v) is 9.02. The molecule has 0 saturated heterocycles. The molecule has 0 spiro atoms. The Morgan fingerprint density at radius 3 is 2.00 bits per heavy atom. The summed E-state index contributed by atoms with van der Waals surface area (Å²) >= 11 is 1.47. The molecule has 0 saturated carbocycles. The summed E-state index contributed by atoms with van der Waals surface area (Å²) in [7, 11) is 0. The van der Waals surface area contributed by atoms with Crippen LogP contribution in [-0.4, -0.2) is 24.6 Å². The van der Waals surface area contributed by atoms with Crippen LogP contribution in [0.15, 0.2) is 53.7 Å². The summed E-state index contributed by atoms with van der Waals surface area (Å²) in [5.41, 5.74) is 1.76. The Kier molecular flexibility index (Phi) is 5.46. The number of hydrogen-bond acceptors (Lipinski definition) is 7. The first kappa shape index (κ1) is 18.5. The third-order valence-electron chi connectivity index (χ3n) is 3.88. The van der Waals surface area contributed by atoms with Gasteiger partial charge in [0, 0.05) is 42.1 Å². The second kappa shape index (κ2) is 7.96. The van der Waals surface area contributed by atoms with Crippen LogP contribution in [0.5, 0.6) is 0 Å². The van der Waals surface area contributed by atoms with Gasteiger partial charge in [-0.3, -0.25) is 20.2 Å². The SMILES string of the molecule is CCn1c(SCc2ccc([N+](=O)[O-])cc2)nnc1-c1ccc([N+](=O)[O-])cc1. The van der Waals surface area contributed by atoms with E-state index in [2.05, 4.69) is 10.2 Å². The van der Waals surface area contributed by atoms with Crippen molar-refractivity contribution in [1.29, 1.82) is 0 Å². The molecule has 138 valence electrons. The zero-order valence-electron chi connectivity index (χ0n) is 14.3. The molecule has 0 amide bonds. The largest absolute Gasteiger partial charge is 0.302 e. The van der Waals surface area contributed by atoms with Crippen molar-refractivity contribution in [3.8, 4) is 11.4 Å². The number of non-ortho nitro benzene ring substituents is 2. The maximum atomic E-state index is 10.8. The van der Waals surface area contributed by atoms with Crippen molar-refractivity contribution in [2.45, 2.75) is 24.4 Å². The highest BCUT2D eigenvalue weighted by Gasteiger charge is 2.15. The molecule has 0 atom stereocenters. The average Bonchev–Trinajstić information content (AvgIpc) is 3.09. The lowest BCUT2D eigenvalue weighted by Crippen LogP contribution is -2.00. The fourth-order valence-corrected chi connectivity index (χ4v) is 3.45. The lowest BCUT2D eigenvalue weighted by atomic mass is 10.2. The molecule has 0 aliphatic rings. The zero-order chi connectivity index (χ0) is 19.4. The number of nitro groups is 2. The van der Waals surface area contributed by atoms with Gasteiger partial charge in [0.1, 0.15) is 0 Å². The van der Waals surface area contributed by atoms with E-state index in [1.165, 1.54) is 36.0 Å². The van der Waals surface area contributed by atoms with Gasteiger partial charge in [-0.1, -0.05) is 23.9 Å². The Balaban J connectivity index is 1.77. The van der Waals surface area contributed by atoms with Gasteiger partial charge >= 0.3 is 0 Å². The minimum absolute atomic E-state index is 0.0223. The highest BCUT2D eigenvalue weighted by atomic mass is 32.2. The summed E-state index contributed by atoms with van der Waals surface area (Å²) in [6.45, 7) is 2.61. The van der Waals surface area contributed by atoms with Gasteiger partial charge in [0.25, 0.3) is 11.4 Å². The Morgan fingerprint density at radius 2 is 1.48 bits per heavy atom. The summed E-state index contributed by atoms with van der Waals surface area (Å²) in [5.74, 6) is 1.23. The van der Waals surface area contributed by atoms with Crippen LogP contribution in [0.25, 0.3) is 11.4 Å². The van der Waals surface area contributed by atoms with Crippen LogP contribution in [0.3, 0.4) is 0 Å². The summed E-state index contributed by atoms with van der Waals surface area (Å²) in [4.78, 5) is 20.6. The summed E-state index contributed by atoms with van der Waals surface area (Å²) in [6.07, 6.45) is 0. The molecule has 0 N–H and O–H groups in total. The van der Waals surface area contributed by atoms with E-state index < -0.39 is 9.85 Å². The van der Waals surface area contributed by atoms with Crippen molar-refractivity contribution < 1.29 is 9.85 Å². The monoisotopic (exact) mass is 385 g/mol. The molecule has 1 heterocycles. The normalized spacial score (nSPS) is 10.7. The Bertz CT molecular complexity index is 970. The van der Waals surface area contributed by atoms with Crippen molar-refractivity contribution in [3.05, 3.63) is 74.3 Å². The second-order valence-electron chi connectivity index (χ2n) is 5.57. The minimum Gasteiger partial charge on any atom is -0.302 e. The van der Waals surface area contributed by atoms with Gasteiger partial charge in [-0.05, 0) is 24.6 Å². The van der Waals surface area contributed by atoms with E-state index in [-0.39, 0.29) is 11.4 Å². The topological polar surface area (TPSA) is 117 Å². The van der Waals surface area contributed by atoms with E-state index >= 15 is 0 Å². The van der Waals surface area contributed by atoms with Gasteiger partial charge in [-0.15, -0.1) is 10.2 Å². The number of nitro benzene ring substituents is 2. The fourth-order valence-electron chi connectivity index (χ4n) is 2.49. The van der Waals surface area contributed by atoms with Gasteiger partial charge in [0.15, 0.2) is 11.0 Å². The molecule has 27 heavy (non-hydrogen) atoms. The molecule has 0 aliphatic carbocycles. The van der Waals surface area contributed by atoms with Crippen molar-refractivity contribution in [2.75, 3.05) is 0 Å². The van der Waals surface area contributed by atoms with E-state index in [1.54, 1.807) is 24.3 Å². The number of nitrogens with zero attached hydrogens (tertiary/aromatic N) is 5. The third-order valence-corrected chi connectivity index (χ3v) is 4.92. The van der Waals surface area contributed by atoms with Crippen LogP contribution in [0, 0.1) is 20.2 Å². The molecular weight excluding hydrogens is 370 g/mol. The van der Waals surface area contributed by atoms with Crippen LogP contribution >= 0.6 is 11.8 Å². The number of thioether (sulfide) groups is 1. The summed E-state index contributed by atoms with van der Waals surface area (Å²) < 4.78 is 1.93. The lowest BCUT2D eigenvalue weighted by Gasteiger charge is -2.07. The van der Waals surface area contributed by atoms with Gasteiger partial charge < -0.3 is 4.57 Å². The molecule has 0 radical (unpaired) electrons. The molecule has 3 aromatic rings. The van der Waals surface area contributed by atoms with Gasteiger partial charge in [-0.2, -0.15) is 0 Å². The standard InChI is InChI=1S/C17H15N5O4S/c1-2-20-16(13-5-9-15(10-6-13)22(25)26)18-19-17(20)27-11-12-3-7-14(8-4-12)21(23)24/h3-10H,2,11H2,1H3. The number of rotatable bonds is 7. The van der Waals surface area contributed by atoms with Crippen LogP contribution in [-0.2, 0) is 12.3 Å². The molecule has 10 heteroatoms. The Hall–Kier alpha value is -3.27. The predicted molar refractivity (Wildman–Crippen MR) is 100 cm³/mol. The highest BCUT2D eigenvalue weighted by molar-refractivity contribution is 7.98. The van der Waals surface area contributed by atoms with E-state index in [0.29, 0.717) is 23.3 Å². The zero-order valence-corrected chi connectivity index (χ0v) is 15.1. The predicted octanol–water partition coefficient (Wildman–Crippen LogP) is 4.07. The van der Waals surface area contributed by atoms with Gasteiger partial charge in [0.05, 0.1) is 9.85 Å². The van der Waals surface area contributed by atoms with E-state index in [4.69, 9.17) is 0 Å². The lowest BCUT2D eigenvalue weighted by molar-refractivity contribution is -0.385. The van der Waals surface area contributed by atoms with Crippen LogP contribution in [0.1, 0.15) is 12.5 Å². The molecule has 2 aromatic carbocycles. The van der Waals surface area contributed by atoms with E-state index in [1.807, 2.05) is 11.5 Å². The quantitative estimate of drug-likeness (QED) is 0.342. The number of aromatic nitrogens is 3. The Morgan fingerprint density at radius 1 is 0.926 bits per heavy atom. The van der Waals surface area contributed by atoms with Crippen molar-refractivity contribution in [1.82, 2.24) is 14.8 Å². The number of benzene rings is 2. The molecule has 0 unspecified atom stereocenters. The molecule has 0 aliphatic heterocycles. The minimum atomic E-state index is -0.445. The molecule has 9 nitrogen and oxygen atoms in total. The van der Waals surface area contributed by atoms with E-state index in [0.717, 1.165) is 11.1 Å². The summed E-state index contributed by atoms with van der Waals surface area (Å²) in [6, 6.07) is 12.6.